The first-order valence-corrected chi connectivity index (χ1v) is 4.50. The molecule has 4 aliphatic rings. The second kappa shape index (κ2) is 2.12. The minimum atomic E-state index is -0.455. The van der Waals surface area contributed by atoms with Crippen LogP contribution in [0.25, 0.3) is 0 Å². The van der Waals surface area contributed by atoms with Crippen molar-refractivity contribution >= 4 is 0 Å². The molecule has 0 aromatic heterocycles. The lowest BCUT2D eigenvalue weighted by Gasteiger charge is -2.38. The van der Waals surface area contributed by atoms with Gasteiger partial charge in [0.2, 0.25) is 0 Å². The van der Waals surface area contributed by atoms with Crippen molar-refractivity contribution in [1.29, 1.82) is 5.26 Å². The molecule has 0 radical (unpaired) electrons. The third kappa shape index (κ3) is 0.707. The third-order valence-electron chi connectivity index (χ3n) is 3.05. The highest BCUT2D eigenvalue weighted by atomic mass is 16.5. The fraction of sp³-hybridized carbons (Fsp3) is 0.364. The van der Waals surface area contributed by atoms with Gasteiger partial charge in [0.15, 0.2) is 0 Å². The second-order valence-corrected chi connectivity index (χ2v) is 3.70. The van der Waals surface area contributed by atoms with Crippen molar-refractivity contribution in [3.05, 3.63) is 35.5 Å². The number of hydrogen-bond acceptors (Lipinski definition) is 2. The summed E-state index contributed by atoms with van der Waals surface area (Å²) >= 11 is 0. The van der Waals surface area contributed by atoms with Crippen molar-refractivity contribution in [2.45, 2.75) is 12.0 Å². The lowest BCUT2D eigenvalue weighted by atomic mass is 9.71. The van der Waals surface area contributed by atoms with Gasteiger partial charge >= 0.3 is 0 Å². The van der Waals surface area contributed by atoms with Crippen LogP contribution in [0.3, 0.4) is 0 Å². The molecule has 3 aliphatic carbocycles. The second-order valence-electron chi connectivity index (χ2n) is 3.70. The lowest BCUT2D eigenvalue weighted by Crippen LogP contribution is -2.38. The summed E-state index contributed by atoms with van der Waals surface area (Å²) in [5.41, 5.74) is 1.60. The SMILES string of the molecule is N#CC1=CC2C=CC13OCC=C3C2. The number of hydrogen-bond donors (Lipinski definition) is 0. The molecule has 2 bridgehead atoms. The van der Waals surface area contributed by atoms with E-state index in [4.69, 9.17) is 10.00 Å². The first-order valence-electron chi connectivity index (χ1n) is 4.50. The molecular formula is C11H9NO. The van der Waals surface area contributed by atoms with Crippen molar-refractivity contribution in [2.75, 3.05) is 6.61 Å². The van der Waals surface area contributed by atoms with Crippen molar-refractivity contribution in [3.8, 4) is 6.07 Å². The van der Waals surface area contributed by atoms with Gasteiger partial charge in [-0.05, 0) is 18.1 Å². The molecule has 0 saturated carbocycles. The van der Waals surface area contributed by atoms with Crippen LogP contribution in [0.15, 0.2) is 35.5 Å². The van der Waals surface area contributed by atoms with Crippen LogP contribution in [-0.4, -0.2) is 12.2 Å². The summed E-state index contributed by atoms with van der Waals surface area (Å²) in [4.78, 5) is 0. The van der Waals surface area contributed by atoms with Gasteiger partial charge in [0.1, 0.15) is 5.60 Å². The van der Waals surface area contributed by atoms with E-state index in [1.807, 2.05) is 12.2 Å². The minimum absolute atomic E-state index is 0.421. The molecule has 1 aliphatic heterocycles. The van der Waals surface area contributed by atoms with Gasteiger partial charge in [0, 0.05) is 5.92 Å². The Bertz CT molecular complexity index is 397. The predicted octanol–water partition coefficient (Wildman–Crippen LogP) is 1.72. The van der Waals surface area contributed by atoms with Gasteiger partial charge in [-0.2, -0.15) is 5.26 Å². The minimum Gasteiger partial charge on any atom is -0.357 e. The molecule has 1 spiro atoms. The van der Waals surface area contributed by atoms with Crippen LogP contribution < -0.4 is 0 Å². The molecule has 0 fully saturated rings. The number of rotatable bonds is 0. The Hall–Kier alpha value is -1.33. The van der Waals surface area contributed by atoms with Crippen LogP contribution >= 0.6 is 0 Å². The molecule has 64 valence electrons. The van der Waals surface area contributed by atoms with Gasteiger partial charge in [0.25, 0.3) is 0 Å². The maximum absolute atomic E-state index is 9.00. The maximum Gasteiger partial charge on any atom is 0.142 e. The highest BCUT2D eigenvalue weighted by Gasteiger charge is 2.46. The number of nitrogens with zero attached hydrogens (tertiary/aromatic N) is 1. The van der Waals surface area contributed by atoms with Gasteiger partial charge in [0.05, 0.1) is 18.2 Å². The molecule has 2 unspecified atom stereocenters. The number of ether oxygens (including phenoxy) is 1. The van der Waals surface area contributed by atoms with E-state index in [2.05, 4.69) is 18.2 Å². The zero-order valence-corrected chi connectivity index (χ0v) is 7.16. The Morgan fingerprint density at radius 1 is 1.62 bits per heavy atom. The molecule has 0 aromatic rings. The summed E-state index contributed by atoms with van der Waals surface area (Å²) in [6, 6.07) is 2.24. The summed E-state index contributed by atoms with van der Waals surface area (Å²) < 4.78 is 5.66. The first kappa shape index (κ1) is 7.11. The van der Waals surface area contributed by atoms with Crippen LogP contribution in [0.1, 0.15) is 6.42 Å². The molecule has 0 saturated heterocycles. The van der Waals surface area contributed by atoms with Gasteiger partial charge in [-0.25, -0.2) is 0 Å². The Morgan fingerprint density at radius 2 is 2.54 bits per heavy atom. The van der Waals surface area contributed by atoms with Gasteiger partial charge in [-0.1, -0.05) is 18.2 Å². The van der Waals surface area contributed by atoms with Gasteiger partial charge in [-0.3, -0.25) is 0 Å². The Kier molecular flexibility index (Phi) is 1.16. The van der Waals surface area contributed by atoms with Gasteiger partial charge < -0.3 is 4.74 Å². The van der Waals surface area contributed by atoms with E-state index < -0.39 is 5.60 Å². The Balaban J connectivity index is 2.23. The van der Waals surface area contributed by atoms with E-state index in [-0.39, 0.29) is 0 Å². The van der Waals surface area contributed by atoms with Crippen LogP contribution in [0.5, 0.6) is 0 Å². The molecule has 0 amide bonds. The van der Waals surface area contributed by atoms with Gasteiger partial charge in [-0.15, -0.1) is 0 Å². The topological polar surface area (TPSA) is 33.0 Å². The highest BCUT2D eigenvalue weighted by Crippen LogP contribution is 2.47. The average Bonchev–Trinajstić information content (AvgIpc) is 2.60. The smallest absolute Gasteiger partial charge is 0.142 e. The molecule has 1 heterocycles. The van der Waals surface area contributed by atoms with E-state index >= 15 is 0 Å². The van der Waals surface area contributed by atoms with Crippen molar-refractivity contribution in [3.63, 3.8) is 0 Å². The van der Waals surface area contributed by atoms with E-state index in [0.717, 1.165) is 12.0 Å². The average molecular weight is 171 g/mol. The van der Waals surface area contributed by atoms with Crippen LogP contribution in [0, 0.1) is 17.2 Å². The molecule has 0 N–H and O–H groups in total. The Morgan fingerprint density at radius 3 is 3.38 bits per heavy atom. The fourth-order valence-electron chi connectivity index (χ4n) is 2.40. The summed E-state index contributed by atoms with van der Waals surface area (Å²) in [6.07, 6.45) is 9.35. The predicted molar refractivity (Wildman–Crippen MR) is 47.7 cm³/mol. The largest absolute Gasteiger partial charge is 0.357 e. The van der Waals surface area contributed by atoms with Crippen LogP contribution in [0.2, 0.25) is 0 Å². The quantitative estimate of drug-likeness (QED) is 0.520. The van der Waals surface area contributed by atoms with Crippen LogP contribution in [0.4, 0.5) is 0 Å². The summed E-state index contributed by atoms with van der Waals surface area (Å²) in [6.45, 7) is 0.644. The van der Waals surface area contributed by atoms with E-state index in [1.165, 1.54) is 5.57 Å². The third-order valence-corrected chi connectivity index (χ3v) is 3.05. The molecule has 0 aromatic carbocycles. The summed E-state index contributed by atoms with van der Waals surface area (Å²) in [5.74, 6) is 0.421. The van der Waals surface area contributed by atoms with Crippen molar-refractivity contribution < 1.29 is 4.74 Å². The molecule has 2 atom stereocenters. The highest BCUT2D eigenvalue weighted by molar-refractivity contribution is 5.55. The monoisotopic (exact) mass is 171 g/mol. The molecule has 2 nitrogen and oxygen atoms in total. The summed E-state index contributed by atoms with van der Waals surface area (Å²) in [5, 5.41) is 9.00. The van der Waals surface area contributed by atoms with Crippen LogP contribution in [-0.2, 0) is 4.74 Å². The maximum atomic E-state index is 9.00. The number of nitriles is 1. The molecular weight excluding hydrogens is 162 g/mol. The normalized spacial score (nSPS) is 39.5. The van der Waals surface area contributed by atoms with Crippen molar-refractivity contribution in [2.24, 2.45) is 5.92 Å². The summed E-state index contributed by atoms with van der Waals surface area (Å²) in [7, 11) is 0. The fourth-order valence-corrected chi connectivity index (χ4v) is 2.40. The van der Waals surface area contributed by atoms with Crippen molar-refractivity contribution in [1.82, 2.24) is 0 Å². The standard InChI is InChI=1S/C11H9NO/c12-7-10-6-8-1-3-11(10)9(5-8)2-4-13-11/h1-3,6,8H,4-5H2. The lowest BCUT2D eigenvalue weighted by molar-refractivity contribution is 0.0807. The zero-order valence-electron chi connectivity index (χ0n) is 7.16. The number of allylic oxidation sites excluding steroid dienone is 2. The van der Waals surface area contributed by atoms with E-state index in [0.29, 0.717) is 12.5 Å². The molecule has 2 heteroatoms. The van der Waals surface area contributed by atoms with E-state index in [1.54, 1.807) is 0 Å². The Labute approximate surface area is 76.8 Å². The molecule has 13 heavy (non-hydrogen) atoms. The van der Waals surface area contributed by atoms with E-state index in [9.17, 15) is 0 Å². The zero-order chi connectivity index (χ0) is 8.89. The first-order chi connectivity index (χ1) is 6.35. The molecule has 4 rings (SSSR count).